The molecule has 0 amide bonds. The Balaban J connectivity index is 2.58. The van der Waals surface area contributed by atoms with E-state index in [-0.39, 0.29) is 18.5 Å². The van der Waals surface area contributed by atoms with E-state index in [0.717, 1.165) is 5.75 Å². The number of nitrogens with one attached hydrogen (secondary N) is 1. The first kappa shape index (κ1) is 14.8. The van der Waals surface area contributed by atoms with Gasteiger partial charge in [-0.3, -0.25) is 0 Å². The van der Waals surface area contributed by atoms with Crippen molar-refractivity contribution in [1.82, 2.24) is 5.32 Å². The molecule has 0 saturated heterocycles. The maximum atomic E-state index is 13.5. The molecule has 0 fully saturated rings. The van der Waals surface area contributed by atoms with E-state index < -0.39 is 0 Å². The van der Waals surface area contributed by atoms with E-state index in [1.807, 2.05) is 6.26 Å². The lowest BCUT2D eigenvalue weighted by Gasteiger charge is -2.17. The predicted octanol–water partition coefficient (Wildman–Crippen LogP) is 2.68. The Hall–Kier alpha value is -0.290. The minimum Gasteiger partial charge on any atom is -0.396 e. The van der Waals surface area contributed by atoms with E-state index >= 15 is 0 Å². The summed E-state index contributed by atoms with van der Waals surface area (Å²) in [4.78, 5) is 0. The van der Waals surface area contributed by atoms with E-state index in [9.17, 15) is 4.39 Å². The van der Waals surface area contributed by atoms with Gasteiger partial charge >= 0.3 is 0 Å². The van der Waals surface area contributed by atoms with Crippen molar-refractivity contribution in [2.24, 2.45) is 0 Å². The molecule has 5 heteroatoms. The summed E-state index contributed by atoms with van der Waals surface area (Å²) in [6.07, 6.45) is 2.66. The lowest BCUT2D eigenvalue weighted by molar-refractivity contribution is 0.269. The zero-order valence-electron chi connectivity index (χ0n) is 9.75. The van der Waals surface area contributed by atoms with Gasteiger partial charge in [-0.25, -0.2) is 4.39 Å². The first-order chi connectivity index (χ1) is 8.19. The fourth-order valence-corrected chi connectivity index (χ4v) is 2.47. The second-order valence-electron chi connectivity index (χ2n) is 3.75. The van der Waals surface area contributed by atoms with Crippen LogP contribution in [0.3, 0.4) is 0 Å². The molecule has 0 aliphatic heterocycles. The van der Waals surface area contributed by atoms with Gasteiger partial charge < -0.3 is 10.4 Å². The van der Waals surface area contributed by atoms with Gasteiger partial charge in [0.1, 0.15) is 5.82 Å². The summed E-state index contributed by atoms with van der Waals surface area (Å²) >= 11 is 7.63. The van der Waals surface area contributed by atoms with Gasteiger partial charge in [-0.15, -0.1) is 0 Å². The van der Waals surface area contributed by atoms with Crippen molar-refractivity contribution in [1.29, 1.82) is 0 Å². The number of halogens is 2. The lowest BCUT2D eigenvalue weighted by Crippen LogP contribution is -2.32. The molecule has 0 aromatic heterocycles. The molecule has 0 spiro atoms. The molecule has 17 heavy (non-hydrogen) atoms. The van der Waals surface area contributed by atoms with Gasteiger partial charge in [-0.2, -0.15) is 11.8 Å². The van der Waals surface area contributed by atoms with E-state index in [0.29, 0.717) is 23.6 Å². The van der Waals surface area contributed by atoms with Crippen LogP contribution in [-0.2, 0) is 6.54 Å². The molecule has 2 nitrogen and oxygen atoms in total. The molecule has 2 N–H and O–H groups in total. The van der Waals surface area contributed by atoms with Crippen molar-refractivity contribution < 1.29 is 9.50 Å². The second-order valence-corrected chi connectivity index (χ2v) is 5.06. The monoisotopic (exact) mass is 277 g/mol. The third kappa shape index (κ3) is 4.84. The number of aliphatic hydroxyl groups is 1. The van der Waals surface area contributed by atoms with Crippen LogP contribution in [0.1, 0.15) is 12.0 Å². The van der Waals surface area contributed by atoms with Crippen LogP contribution in [-0.4, -0.2) is 29.8 Å². The van der Waals surface area contributed by atoms with Crippen LogP contribution in [0.2, 0.25) is 5.02 Å². The van der Waals surface area contributed by atoms with Crippen molar-refractivity contribution in [3.8, 4) is 0 Å². The Bertz CT molecular complexity index is 325. The van der Waals surface area contributed by atoms with Crippen molar-refractivity contribution in [2.45, 2.75) is 19.0 Å². The number of rotatable bonds is 7. The van der Waals surface area contributed by atoms with E-state index in [1.54, 1.807) is 23.9 Å². The number of thioether (sulfide) groups is 1. The van der Waals surface area contributed by atoms with Gasteiger partial charge in [0.25, 0.3) is 0 Å². The highest BCUT2D eigenvalue weighted by Gasteiger charge is 2.10. The van der Waals surface area contributed by atoms with Crippen molar-refractivity contribution in [2.75, 3.05) is 18.6 Å². The van der Waals surface area contributed by atoms with Crippen LogP contribution >= 0.6 is 23.4 Å². The third-order valence-electron chi connectivity index (χ3n) is 2.47. The normalized spacial score (nSPS) is 12.7. The predicted molar refractivity (Wildman–Crippen MR) is 72.1 cm³/mol. The van der Waals surface area contributed by atoms with Crippen molar-refractivity contribution >= 4 is 23.4 Å². The highest BCUT2D eigenvalue weighted by atomic mass is 35.5. The fraction of sp³-hybridized carbons (Fsp3) is 0.500. The molecule has 0 aliphatic carbocycles. The maximum Gasteiger partial charge on any atom is 0.129 e. The first-order valence-corrected chi connectivity index (χ1v) is 7.22. The average Bonchev–Trinajstić information content (AvgIpc) is 2.29. The van der Waals surface area contributed by atoms with Gasteiger partial charge in [-0.05, 0) is 24.8 Å². The smallest absolute Gasteiger partial charge is 0.129 e. The summed E-state index contributed by atoms with van der Waals surface area (Å²) < 4.78 is 13.5. The Morgan fingerprint density at radius 2 is 2.29 bits per heavy atom. The SMILES string of the molecule is CSCC(CCO)NCc1c(F)cccc1Cl. The quantitative estimate of drug-likeness (QED) is 0.804. The average molecular weight is 278 g/mol. The summed E-state index contributed by atoms with van der Waals surface area (Å²) in [5, 5.41) is 12.6. The van der Waals surface area contributed by atoms with Gasteiger partial charge in [0.15, 0.2) is 0 Å². The van der Waals surface area contributed by atoms with Crippen LogP contribution in [0.4, 0.5) is 4.39 Å². The topological polar surface area (TPSA) is 32.3 Å². The largest absolute Gasteiger partial charge is 0.396 e. The van der Waals surface area contributed by atoms with Crippen LogP contribution in [0.5, 0.6) is 0 Å². The zero-order chi connectivity index (χ0) is 12.7. The van der Waals surface area contributed by atoms with Gasteiger partial charge in [-0.1, -0.05) is 17.7 Å². The molecule has 1 atom stereocenters. The number of hydrogen-bond acceptors (Lipinski definition) is 3. The maximum absolute atomic E-state index is 13.5. The van der Waals surface area contributed by atoms with Crippen LogP contribution in [0, 0.1) is 5.82 Å². The number of hydrogen-bond donors (Lipinski definition) is 2. The van der Waals surface area contributed by atoms with E-state index in [1.165, 1.54) is 6.07 Å². The zero-order valence-corrected chi connectivity index (χ0v) is 11.3. The summed E-state index contributed by atoms with van der Waals surface area (Å²) in [5.41, 5.74) is 0.484. The molecule has 0 saturated carbocycles. The van der Waals surface area contributed by atoms with Crippen LogP contribution in [0.15, 0.2) is 18.2 Å². The molecule has 1 unspecified atom stereocenters. The molecule has 1 aromatic carbocycles. The molecule has 1 aromatic rings. The fourth-order valence-electron chi connectivity index (χ4n) is 1.55. The molecule has 0 radical (unpaired) electrons. The Labute approximate surface area is 111 Å². The Morgan fingerprint density at radius 1 is 1.53 bits per heavy atom. The Morgan fingerprint density at radius 3 is 2.88 bits per heavy atom. The Kier molecular flexibility index (Phi) is 6.89. The van der Waals surface area contributed by atoms with E-state index in [2.05, 4.69) is 5.32 Å². The van der Waals surface area contributed by atoms with Gasteiger partial charge in [0.05, 0.1) is 0 Å². The first-order valence-electron chi connectivity index (χ1n) is 5.45. The summed E-state index contributed by atoms with van der Waals surface area (Å²) in [6.45, 7) is 0.514. The van der Waals surface area contributed by atoms with Crippen LogP contribution < -0.4 is 5.32 Å². The van der Waals surface area contributed by atoms with Gasteiger partial charge in [0.2, 0.25) is 0 Å². The number of aliphatic hydroxyl groups excluding tert-OH is 1. The second kappa shape index (κ2) is 7.93. The lowest BCUT2D eigenvalue weighted by atomic mass is 10.2. The minimum absolute atomic E-state index is 0.128. The highest BCUT2D eigenvalue weighted by Crippen LogP contribution is 2.19. The number of benzene rings is 1. The molecule has 0 heterocycles. The van der Waals surface area contributed by atoms with Crippen molar-refractivity contribution in [3.63, 3.8) is 0 Å². The molecule has 0 bridgehead atoms. The molecule has 1 rings (SSSR count). The molecule has 96 valence electrons. The van der Waals surface area contributed by atoms with Gasteiger partial charge in [0, 0.05) is 35.5 Å². The summed E-state index contributed by atoms with van der Waals surface area (Å²) in [7, 11) is 0. The van der Waals surface area contributed by atoms with E-state index in [4.69, 9.17) is 16.7 Å². The molecular formula is C12H17ClFNOS. The van der Waals surface area contributed by atoms with Crippen LogP contribution in [0.25, 0.3) is 0 Å². The molecule has 0 aliphatic rings. The standard InChI is InChI=1S/C12H17ClFNOS/c1-17-8-9(5-6-16)15-7-10-11(13)3-2-4-12(10)14/h2-4,9,15-16H,5-8H2,1H3. The molecular weight excluding hydrogens is 261 g/mol. The minimum atomic E-state index is -0.295. The third-order valence-corrected chi connectivity index (χ3v) is 3.56. The van der Waals surface area contributed by atoms with Crippen molar-refractivity contribution in [3.05, 3.63) is 34.6 Å². The highest BCUT2D eigenvalue weighted by molar-refractivity contribution is 7.98. The summed E-state index contributed by atoms with van der Waals surface area (Å²) in [5.74, 6) is 0.587. The summed E-state index contributed by atoms with van der Waals surface area (Å²) in [6, 6.07) is 4.84.